The van der Waals surface area contributed by atoms with Crippen LogP contribution < -0.4 is 5.32 Å². The van der Waals surface area contributed by atoms with E-state index in [4.69, 9.17) is 0 Å². The number of rotatable bonds is 2. The maximum absolute atomic E-state index is 12.4. The van der Waals surface area contributed by atoms with Crippen molar-refractivity contribution in [2.75, 3.05) is 20.1 Å². The summed E-state index contributed by atoms with van der Waals surface area (Å²) in [7, 11) is 1.66. The number of benzene rings is 1. The molecule has 3 amide bonds. The number of nitrogens with one attached hydrogen (secondary N) is 1. The number of aliphatic imine (C=N–C) groups is 1. The highest BCUT2D eigenvalue weighted by Gasteiger charge is 2.50. The summed E-state index contributed by atoms with van der Waals surface area (Å²) in [5, 5.41) is 8.82. The number of carbonyl (C=O) groups excluding carboxylic acids is 2. The molecule has 8 heteroatoms. The molecule has 1 aromatic rings. The van der Waals surface area contributed by atoms with E-state index in [2.05, 4.69) is 15.4 Å². The third-order valence-electron chi connectivity index (χ3n) is 4.73. The Hall–Kier alpha value is -2.90. The molecular weight excluding hydrogens is 320 g/mol. The summed E-state index contributed by atoms with van der Waals surface area (Å²) in [6.45, 7) is 1.46. The van der Waals surface area contributed by atoms with E-state index in [1.165, 1.54) is 4.90 Å². The van der Waals surface area contributed by atoms with Gasteiger partial charge >= 0.3 is 6.03 Å². The fourth-order valence-electron chi connectivity index (χ4n) is 3.39. The molecule has 0 spiro atoms. The minimum absolute atomic E-state index is 0.291. The van der Waals surface area contributed by atoms with Crippen molar-refractivity contribution in [2.45, 2.75) is 25.0 Å². The molecule has 0 bridgehead atoms. The van der Waals surface area contributed by atoms with Crippen LogP contribution in [0.15, 0.2) is 40.4 Å². The molecule has 1 aromatic carbocycles. The normalized spacial score (nSPS) is 26.3. The van der Waals surface area contributed by atoms with Gasteiger partial charge in [0.2, 0.25) is 5.96 Å². The van der Waals surface area contributed by atoms with Crippen molar-refractivity contribution in [1.29, 1.82) is 0 Å². The van der Waals surface area contributed by atoms with Crippen molar-refractivity contribution >= 4 is 24.1 Å². The fraction of sp³-hybridized carbons (Fsp3) is 0.412. The molecule has 0 aliphatic carbocycles. The lowest BCUT2D eigenvalue weighted by molar-refractivity contribution is -0.127. The zero-order chi connectivity index (χ0) is 17.4. The van der Waals surface area contributed by atoms with E-state index in [1.54, 1.807) is 13.3 Å². The maximum atomic E-state index is 12.4. The minimum Gasteiger partial charge on any atom is -0.325 e. The van der Waals surface area contributed by atoms with Crippen molar-refractivity contribution in [3.63, 3.8) is 0 Å². The van der Waals surface area contributed by atoms with Gasteiger partial charge in [-0.3, -0.25) is 10.1 Å². The Labute approximate surface area is 145 Å². The van der Waals surface area contributed by atoms with Gasteiger partial charge < -0.3 is 9.80 Å². The molecule has 2 atom stereocenters. The Bertz CT molecular complexity index is 747. The van der Waals surface area contributed by atoms with Crippen molar-refractivity contribution < 1.29 is 9.59 Å². The lowest BCUT2D eigenvalue weighted by atomic mass is 10.1. The van der Waals surface area contributed by atoms with Gasteiger partial charge in [-0.25, -0.2) is 14.8 Å². The molecular formula is C17H20N6O2. The average Bonchev–Trinajstić information content (AvgIpc) is 2.89. The lowest BCUT2D eigenvalue weighted by Gasteiger charge is -2.36. The van der Waals surface area contributed by atoms with Crippen molar-refractivity contribution in [1.82, 2.24) is 20.1 Å². The summed E-state index contributed by atoms with van der Waals surface area (Å²) >= 11 is 0. The van der Waals surface area contributed by atoms with Gasteiger partial charge in [0.1, 0.15) is 0 Å². The minimum atomic E-state index is -0.497. The molecule has 4 rings (SSSR count). The lowest BCUT2D eigenvalue weighted by Crippen LogP contribution is -2.64. The summed E-state index contributed by atoms with van der Waals surface area (Å²) in [6.07, 6.45) is 3.21. The first-order valence-corrected chi connectivity index (χ1v) is 8.44. The molecule has 2 unspecified atom stereocenters. The number of likely N-dealkylation sites (N-methyl/N-ethyl adjacent to an activating group) is 1. The first-order valence-electron chi connectivity index (χ1n) is 8.44. The van der Waals surface area contributed by atoms with Gasteiger partial charge in [0.05, 0.1) is 6.21 Å². The summed E-state index contributed by atoms with van der Waals surface area (Å²) in [5.41, 5.74) is 0.999. The number of hydrogen-bond acceptors (Lipinski definition) is 6. The quantitative estimate of drug-likeness (QED) is 0.802. The molecule has 2 fully saturated rings. The standard InChI is InChI=1S/C17H20N6O2/c1-21-14-13(15(24)20-17(21)25)22-9-5-6-10-23(16(22)19-14)18-11-12-7-3-2-4-8-12/h2-4,7-8,11,13-14H,5-6,9-10H2,1H3,(H,20,24,25)/b18-11+. The molecule has 0 radical (unpaired) electrons. The van der Waals surface area contributed by atoms with E-state index in [0.29, 0.717) is 5.96 Å². The third-order valence-corrected chi connectivity index (χ3v) is 4.73. The average molecular weight is 340 g/mol. The highest BCUT2D eigenvalue weighted by atomic mass is 16.2. The van der Waals surface area contributed by atoms with Crippen LogP contribution in [0.3, 0.4) is 0 Å². The van der Waals surface area contributed by atoms with Crippen LogP contribution in [0.4, 0.5) is 4.79 Å². The molecule has 130 valence electrons. The first-order chi connectivity index (χ1) is 12.1. The molecule has 8 nitrogen and oxygen atoms in total. The van der Waals surface area contributed by atoms with Crippen LogP contribution in [0.25, 0.3) is 0 Å². The zero-order valence-corrected chi connectivity index (χ0v) is 14.0. The Balaban J connectivity index is 1.64. The summed E-state index contributed by atoms with van der Waals surface area (Å²) < 4.78 is 0. The number of urea groups is 1. The Kier molecular flexibility index (Phi) is 3.87. The van der Waals surface area contributed by atoms with E-state index in [9.17, 15) is 9.59 Å². The summed E-state index contributed by atoms with van der Waals surface area (Å²) in [6, 6.07) is 8.95. The molecule has 3 heterocycles. The van der Waals surface area contributed by atoms with Crippen LogP contribution in [-0.4, -0.2) is 71.3 Å². The Morgan fingerprint density at radius 2 is 1.96 bits per heavy atom. The summed E-state index contributed by atoms with van der Waals surface area (Å²) in [5.74, 6) is 0.372. The van der Waals surface area contributed by atoms with Crippen LogP contribution >= 0.6 is 0 Å². The first kappa shape index (κ1) is 15.6. The second-order valence-corrected chi connectivity index (χ2v) is 6.37. The van der Waals surface area contributed by atoms with Gasteiger partial charge in [-0.2, -0.15) is 5.10 Å². The van der Waals surface area contributed by atoms with E-state index in [0.717, 1.165) is 31.5 Å². The molecule has 0 saturated carbocycles. The molecule has 25 heavy (non-hydrogen) atoms. The van der Waals surface area contributed by atoms with E-state index in [-0.39, 0.29) is 5.91 Å². The number of hydrazone groups is 1. The van der Waals surface area contributed by atoms with E-state index < -0.39 is 18.2 Å². The number of amides is 3. The Morgan fingerprint density at radius 3 is 2.76 bits per heavy atom. The SMILES string of the molecule is CN1C(=O)NC(=O)C2C1N=C1N(/N=C/c3ccccc3)CCCCN12. The van der Waals surface area contributed by atoms with Crippen molar-refractivity contribution in [3.05, 3.63) is 35.9 Å². The fourth-order valence-corrected chi connectivity index (χ4v) is 3.39. The largest absolute Gasteiger partial charge is 0.325 e. The predicted octanol–water partition coefficient (Wildman–Crippen LogP) is 0.664. The second kappa shape index (κ2) is 6.19. The highest BCUT2D eigenvalue weighted by molar-refractivity contribution is 6.03. The number of nitrogens with zero attached hydrogens (tertiary/aromatic N) is 5. The molecule has 0 aromatic heterocycles. The highest BCUT2D eigenvalue weighted by Crippen LogP contribution is 2.27. The van der Waals surface area contributed by atoms with Crippen LogP contribution in [0.5, 0.6) is 0 Å². The van der Waals surface area contributed by atoms with Crippen LogP contribution in [0, 0.1) is 0 Å². The smallest absolute Gasteiger partial charge is 0.325 e. The second-order valence-electron chi connectivity index (χ2n) is 6.37. The monoisotopic (exact) mass is 340 g/mol. The van der Waals surface area contributed by atoms with Gasteiger partial charge in [-0.05, 0) is 18.4 Å². The van der Waals surface area contributed by atoms with Gasteiger partial charge in [0, 0.05) is 20.1 Å². The topological polar surface area (TPSA) is 80.6 Å². The van der Waals surface area contributed by atoms with Crippen molar-refractivity contribution in [3.8, 4) is 0 Å². The number of fused-ring (bicyclic) bond motifs is 3. The molecule has 2 saturated heterocycles. The van der Waals surface area contributed by atoms with Gasteiger partial charge in [-0.15, -0.1) is 0 Å². The number of carbonyl (C=O) groups is 2. The number of imide groups is 1. The number of hydrogen-bond donors (Lipinski definition) is 1. The third kappa shape index (κ3) is 2.73. The zero-order valence-electron chi connectivity index (χ0n) is 14.0. The van der Waals surface area contributed by atoms with E-state index in [1.807, 2.05) is 40.2 Å². The Morgan fingerprint density at radius 1 is 1.20 bits per heavy atom. The molecule has 3 aliphatic rings. The molecule has 1 N–H and O–H groups in total. The predicted molar refractivity (Wildman–Crippen MR) is 93.0 cm³/mol. The van der Waals surface area contributed by atoms with Crippen LogP contribution in [0.1, 0.15) is 18.4 Å². The summed E-state index contributed by atoms with van der Waals surface area (Å²) in [4.78, 5) is 32.3. The van der Waals surface area contributed by atoms with Crippen molar-refractivity contribution in [2.24, 2.45) is 10.1 Å². The van der Waals surface area contributed by atoms with Gasteiger partial charge in [0.25, 0.3) is 5.91 Å². The maximum Gasteiger partial charge on any atom is 0.325 e. The van der Waals surface area contributed by atoms with Gasteiger partial charge in [-0.1, -0.05) is 30.3 Å². The van der Waals surface area contributed by atoms with Crippen LogP contribution in [0.2, 0.25) is 0 Å². The number of guanidine groups is 1. The molecule has 3 aliphatic heterocycles. The van der Waals surface area contributed by atoms with Crippen LogP contribution in [-0.2, 0) is 4.79 Å². The van der Waals surface area contributed by atoms with E-state index >= 15 is 0 Å². The van der Waals surface area contributed by atoms with Gasteiger partial charge in [0.15, 0.2) is 12.2 Å².